The van der Waals surface area contributed by atoms with Crippen molar-refractivity contribution >= 4 is 0 Å². The lowest BCUT2D eigenvalue weighted by Gasteiger charge is -2.39. The zero-order valence-corrected chi connectivity index (χ0v) is 11.6. The quantitative estimate of drug-likeness (QED) is 0.896. The molecule has 3 aliphatic carbocycles. The van der Waals surface area contributed by atoms with Crippen LogP contribution in [0.3, 0.4) is 0 Å². The second-order valence-electron chi connectivity index (χ2n) is 6.86. The van der Waals surface area contributed by atoms with Crippen LogP contribution in [-0.2, 0) is 6.54 Å². The average molecular weight is 256 g/mol. The third-order valence-electron chi connectivity index (χ3n) is 5.97. The largest absolute Gasteiger partial charge is 0.310 e. The minimum Gasteiger partial charge on any atom is -0.310 e. The highest BCUT2D eigenvalue weighted by molar-refractivity contribution is 5.10. The van der Waals surface area contributed by atoms with Crippen molar-refractivity contribution in [1.82, 2.24) is 10.3 Å². The van der Waals surface area contributed by atoms with Crippen LogP contribution < -0.4 is 5.32 Å². The number of nitrogens with zero attached hydrogens (tertiary/aromatic N) is 1. The molecule has 1 aromatic rings. The molecule has 2 heteroatoms. The summed E-state index contributed by atoms with van der Waals surface area (Å²) < 4.78 is 0. The summed E-state index contributed by atoms with van der Waals surface area (Å²) in [5, 5.41) is 3.82. The molecule has 1 aromatic heterocycles. The second-order valence-corrected chi connectivity index (χ2v) is 6.86. The van der Waals surface area contributed by atoms with E-state index in [0.717, 1.165) is 36.3 Å². The van der Waals surface area contributed by atoms with Crippen LogP contribution in [0.5, 0.6) is 0 Å². The lowest BCUT2D eigenvalue weighted by atomic mass is 9.69. The van der Waals surface area contributed by atoms with Crippen LogP contribution in [0, 0.1) is 23.7 Å². The van der Waals surface area contributed by atoms with Gasteiger partial charge >= 0.3 is 0 Å². The zero-order chi connectivity index (χ0) is 12.7. The number of hydrogen-bond acceptors (Lipinski definition) is 2. The Kier molecular flexibility index (Phi) is 3.07. The third-order valence-corrected chi connectivity index (χ3v) is 5.97. The van der Waals surface area contributed by atoms with E-state index in [1.807, 2.05) is 18.5 Å². The second kappa shape index (κ2) is 4.90. The maximum Gasteiger partial charge on any atom is 0.0312 e. The van der Waals surface area contributed by atoms with Gasteiger partial charge in [-0.05, 0) is 61.0 Å². The van der Waals surface area contributed by atoms with Gasteiger partial charge < -0.3 is 5.32 Å². The van der Waals surface area contributed by atoms with Crippen LogP contribution in [0.4, 0.5) is 0 Å². The first-order chi connectivity index (χ1) is 9.42. The molecule has 0 spiro atoms. The van der Waals surface area contributed by atoms with Crippen molar-refractivity contribution in [3.63, 3.8) is 0 Å². The van der Waals surface area contributed by atoms with Crippen LogP contribution in [0.15, 0.2) is 24.5 Å². The molecule has 19 heavy (non-hydrogen) atoms. The first-order valence-electron chi connectivity index (χ1n) is 8.04. The smallest absolute Gasteiger partial charge is 0.0312 e. The summed E-state index contributed by atoms with van der Waals surface area (Å²) in [5.41, 5.74) is 1.32. The number of hydrogen-bond donors (Lipinski definition) is 1. The molecule has 1 heterocycles. The molecule has 0 radical (unpaired) electrons. The van der Waals surface area contributed by atoms with Gasteiger partial charge in [0.2, 0.25) is 0 Å². The minimum atomic E-state index is 0.782. The number of rotatable bonds is 3. The molecule has 3 saturated carbocycles. The van der Waals surface area contributed by atoms with E-state index in [9.17, 15) is 0 Å². The Balaban J connectivity index is 1.39. The summed E-state index contributed by atoms with van der Waals surface area (Å²) in [6.07, 6.45) is 12.8. The van der Waals surface area contributed by atoms with Crippen LogP contribution in [0.2, 0.25) is 0 Å². The summed E-state index contributed by atoms with van der Waals surface area (Å²) >= 11 is 0. The number of nitrogens with one attached hydrogen (secondary N) is 1. The van der Waals surface area contributed by atoms with Gasteiger partial charge in [0.1, 0.15) is 0 Å². The van der Waals surface area contributed by atoms with E-state index in [1.165, 1.54) is 44.1 Å². The Morgan fingerprint density at radius 2 is 2.00 bits per heavy atom. The van der Waals surface area contributed by atoms with E-state index >= 15 is 0 Å². The molecular formula is C17H24N2. The normalized spacial score (nSPS) is 40.3. The lowest BCUT2D eigenvalue weighted by molar-refractivity contribution is 0.129. The highest BCUT2D eigenvalue weighted by Gasteiger charge is 2.52. The van der Waals surface area contributed by atoms with Gasteiger partial charge in [0.05, 0.1) is 0 Å². The zero-order valence-electron chi connectivity index (χ0n) is 11.6. The predicted molar refractivity (Wildman–Crippen MR) is 76.5 cm³/mol. The Morgan fingerprint density at radius 3 is 2.84 bits per heavy atom. The summed E-state index contributed by atoms with van der Waals surface area (Å²) in [5.74, 6) is 4.17. The standard InChI is InChI=1S/C17H24N2/c1-2-6-15-14(5-1)13-8-16(15)17(9-13)19-11-12-4-3-7-18-10-12/h3-4,7,10,13-17,19H,1-2,5-6,8-9,11H2. The van der Waals surface area contributed by atoms with Gasteiger partial charge in [0.25, 0.3) is 0 Å². The number of pyridine rings is 1. The van der Waals surface area contributed by atoms with E-state index in [2.05, 4.69) is 16.4 Å². The summed E-state index contributed by atoms with van der Waals surface area (Å²) in [6, 6.07) is 5.00. The molecule has 2 bridgehead atoms. The maximum atomic E-state index is 4.20. The van der Waals surface area contributed by atoms with E-state index < -0.39 is 0 Å². The van der Waals surface area contributed by atoms with Crippen molar-refractivity contribution in [2.45, 2.75) is 51.1 Å². The van der Waals surface area contributed by atoms with Crippen molar-refractivity contribution < 1.29 is 0 Å². The summed E-state index contributed by atoms with van der Waals surface area (Å²) in [4.78, 5) is 4.20. The molecule has 5 atom stereocenters. The van der Waals surface area contributed by atoms with Gasteiger partial charge in [-0.25, -0.2) is 0 Å². The van der Waals surface area contributed by atoms with Gasteiger partial charge in [0.15, 0.2) is 0 Å². The van der Waals surface area contributed by atoms with Crippen LogP contribution >= 0.6 is 0 Å². The minimum absolute atomic E-state index is 0.782. The first-order valence-corrected chi connectivity index (χ1v) is 8.04. The third kappa shape index (κ3) is 2.10. The van der Waals surface area contributed by atoms with Gasteiger partial charge in [0, 0.05) is 25.0 Å². The molecule has 0 amide bonds. The number of aromatic nitrogens is 1. The van der Waals surface area contributed by atoms with Crippen molar-refractivity contribution in [2.75, 3.05) is 0 Å². The molecule has 3 aliphatic rings. The highest BCUT2D eigenvalue weighted by Crippen LogP contribution is 2.57. The molecule has 4 rings (SSSR count). The Bertz CT molecular complexity index is 430. The average Bonchev–Trinajstić information content (AvgIpc) is 3.05. The number of fused-ring (bicyclic) bond motifs is 5. The van der Waals surface area contributed by atoms with Crippen molar-refractivity contribution in [2.24, 2.45) is 23.7 Å². The molecule has 0 saturated heterocycles. The topological polar surface area (TPSA) is 24.9 Å². The van der Waals surface area contributed by atoms with Crippen molar-refractivity contribution in [3.05, 3.63) is 30.1 Å². The maximum absolute atomic E-state index is 4.20. The fourth-order valence-electron chi connectivity index (χ4n) is 5.23. The summed E-state index contributed by atoms with van der Waals surface area (Å²) in [6.45, 7) is 0.999. The van der Waals surface area contributed by atoms with Crippen molar-refractivity contribution in [3.8, 4) is 0 Å². The predicted octanol–water partition coefficient (Wildman–Crippen LogP) is 3.39. The van der Waals surface area contributed by atoms with Gasteiger partial charge in [-0.2, -0.15) is 0 Å². The Hall–Kier alpha value is -0.890. The van der Waals surface area contributed by atoms with Crippen LogP contribution in [0.25, 0.3) is 0 Å². The lowest BCUT2D eigenvalue weighted by Crippen LogP contribution is -2.41. The van der Waals surface area contributed by atoms with Crippen LogP contribution in [0.1, 0.15) is 44.1 Å². The molecule has 3 fully saturated rings. The monoisotopic (exact) mass is 256 g/mol. The molecule has 1 N–H and O–H groups in total. The Labute approximate surface area is 116 Å². The molecule has 5 unspecified atom stereocenters. The van der Waals surface area contributed by atoms with E-state index in [-0.39, 0.29) is 0 Å². The van der Waals surface area contributed by atoms with E-state index in [1.54, 1.807) is 0 Å². The Morgan fingerprint density at radius 1 is 1.11 bits per heavy atom. The molecule has 0 aromatic carbocycles. The van der Waals surface area contributed by atoms with E-state index in [4.69, 9.17) is 0 Å². The van der Waals surface area contributed by atoms with Crippen molar-refractivity contribution in [1.29, 1.82) is 0 Å². The first kappa shape index (κ1) is 11.9. The van der Waals surface area contributed by atoms with E-state index in [0.29, 0.717) is 0 Å². The van der Waals surface area contributed by atoms with Crippen LogP contribution in [-0.4, -0.2) is 11.0 Å². The fourth-order valence-corrected chi connectivity index (χ4v) is 5.23. The molecule has 102 valence electrons. The SMILES string of the molecule is c1cncc(CNC2CC3CC2C2CCCCC32)c1. The highest BCUT2D eigenvalue weighted by atomic mass is 14.9. The fraction of sp³-hybridized carbons (Fsp3) is 0.706. The molecule has 0 aliphatic heterocycles. The van der Waals surface area contributed by atoms with Gasteiger partial charge in [-0.1, -0.05) is 18.9 Å². The van der Waals surface area contributed by atoms with Gasteiger partial charge in [-0.3, -0.25) is 4.98 Å². The van der Waals surface area contributed by atoms with Gasteiger partial charge in [-0.15, -0.1) is 0 Å². The molecule has 2 nitrogen and oxygen atoms in total. The molecular weight excluding hydrogens is 232 g/mol. The summed E-state index contributed by atoms with van der Waals surface area (Å²) in [7, 11) is 0.